The summed E-state index contributed by atoms with van der Waals surface area (Å²) in [7, 11) is 0. The van der Waals surface area contributed by atoms with Crippen molar-refractivity contribution in [3.63, 3.8) is 0 Å². The average molecular weight is 257 g/mol. The van der Waals surface area contributed by atoms with E-state index in [0.717, 1.165) is 9.96 Å². The van der Waals surface area contributed by atoms with E-state index in [1.54, 1.807) is 29.0 Å². The molecule has 0 fully saturated rings. The number of aliphatic hydroxyl groups is 1. The fourth-order valence-electron chi connectivity index (χ4n) is 1.15. The van der Waals surface area contributed by atoms with Crippen LogP contribution in [0.25, 0.3) is 0 Å². The van der Waals surface area contributed by atoms with Gasteiger partial charge >= 0.3 is 0 Å². The Morgan fingerprint density at radius 3 is 3.19 bits per heavy atom. The van der Waals surface area contributed by atoms with Gasteiger partial charge < -0.3 is 5.11 Å². The molecule has 16 heavy (non-hydrogen) atoms. The molecule has 2 aromatic heterocycles. The summed E-state index contributed by atoms with van der Waals surface area (Å²) in [5.74, 6) is 0.847. The SMILES string of the molecule is OC(CCSc1cnns1)Cn1cncn1. The second kappa shape index (κ2) is 5.92. The Kier molecular flexibility index (Phi) is 4.25. The maximum Gasteiger partial charge on any atom is 0.137 e. The lowest BCUT2D eigenvalue weighted by Gasteiger charge is -2.08. The smallest absolute Gasteiger partial charge is 0.137 e. The summed E-state index contributed by atoms with van der Waals surface area (Å²) < 4.78 is 6.47. The highest BCUT2D eigenvalue weighted by atomic mass is 32.2. The van der Waals surface area contributed by atoms with Crippen LogP contribution >= 0.6 is 23.3 Å². The molecule has 86 valence electrons. The Hall–Kier alpha value is -0.990. The molecule has 0 aliphatic carbocycles. The lowest BCUT2D eigenvalue weighted by Crippen LogP contribution is -2.17. The van der Waals surface area contributed by atoms with Gasteiger partial charge in [0.05, 0.1) is 18.8 Å². The molecule has 6 nitrogen and oxygen atoms in total. The second-order valence-corrected chi connectivity index (χ2v) is 5.33. The zero-order chi connectivity index (χ0) is 11.2. The molecule has 0 aromatic carbocycles. The summed E-state index contributed by atoms with van der Waals surface area (Å²) in [5, 5.41) is 17.4. The highest BCUT2D eigenvalue weighted by molar-refractivity contribution is 8.01. The monoisotopic (exact) mass is 257 g/mol. The van der Waals surface area contributed by atoms with Gasteiger partial charge in [-0.05, 0) is 18.0 Å². The molecule has 1 atom stereocenters. The van der Waals surface area contributed by atoms with E-state index in [9.17, 15) is 5.11 Å². The van der Waals surface area contributed by atoms with Crippen molar-refractivity contribution < 1.29 is 5.11 Å². The molecule has 2 rings (SSSR count). The molecule has 0 aliphatic rings. The first-order chi connectivity index (χ1) is 7.84. The highest BCUT2D eigenvalue weighted by Gasteiger charge is 2.06. The summed E-state index contributed by atoms with van der Waals surface area (Å²) in [5.41, 5.74) is 0. The normalized spacial score (nSPS) is 12.8. The van der Waals surface area contributed by atoms with Crippen molar-refractivity contribution in [2.24, 2.45) is 0 Å². The number of thioether (sulfide) groups is 1. The lowest BCUT2D eigenvalue weighted by molar-refractivity contribution is 0.146. The maximum atomic E-state index is 9.72. The third-order valence-electron chi connectivity index (χ3n) is 1.90. The van der Waals surface area contributed by atoms with Crippen molar-refractivity contribution in [2.75, 3.05) is 5.75 Å². The summed E-state index contributed by atoms with van der Waals surface area (Å²) >= 11 is 3.03. The Morgan fingerprint density at radius 1 is 1.56 bits per heavy atom. The van der Waals surface area contributed by atoms with E-state index in [4.69, 9.17) is 0 Å². The van der Waals surface area contributed by atoms with Crippen molar-refractivity contribution >= 4 is 23.3 Å². The van der Waals surface area contributed by atoms with E-state index < -0.39 is 6.10 Å². The van der Waals surface area contributed by atoms with Gasteiger partial charge in [-0.25, -0.2) is 4.98 Å². The zero-order valence-electron chi connectivity index (χ0n) is 8.43. The van der Waals surface area contributed by atoms with Crippen LogP contribution < -0.4 is 0 Å². The fraction of sp³-hybridized carbons (Fsp3) is 0.500. The van der Waals surface area contributed by atoms with Crippen LogP contribution in [0.3, 0.4) is 0 Å². The Bertz CT molecular complexity index is 390. The number of rotatable bonds is 6. The van der Waals surface area contributed by atoms with Crippen molar-refractivity contribution in [1.82, 2.24) is 24.4 Å². The van der Waals surface area contributed by atoms with Crippen LogP contribution in [0.15, 0.2) is 23.1 Å². The molecule has 0 bridgehead atoms. The van der Waals surface area contributed by atoms with Crippen LogP contribution in [0.2, 0.25) is 0 Å². The molecule has 8 heteroatoms. The Balaban J connectivity index is 1.66. The van der Waals surface area contributed by atoms with Gasteiger partial charge in [0.2, 0.25) is 0 Å². The van der Waals surface area contributed by atoms with Crippen molar-refractivity contribution in [3.05, 3.63) is 18.9 Å². The van der Waals surface area contributed by atoms with Gasteiger partial charge in [0.1, 0.15) is 16.9 Å². The first-order valence-electron chi connectivity index (χ1n) is 4.75. The fourth-order valence-corrected chi connectivity index (χ4v) is 2.69. The van der Waals surface area contributed by atoms with Gasteiger partial charge in [-0.1, -0.05) is 4.49 Å². The van der Waals surface area contributed by atoms with Gasteiger partial charge in [0.25, 0.3) is 0 Å². The number of hydrogen-bond donors (Lipinski definition) is 1. The van der Waals surface area contributed by atoms with Crippen molar-refractivity contribution in [3.8, 4) is 0 Å². The molecule has 0 amide bonds. The molecular formula is C8H11N5OS2. The standard InChI is InChI=1S/C8H11N5OS2/c14-7(4-13-6-9-5-11-13)1-2-15-8-3-10-12-16-8/h3,5-7,14H,1-2,4H2. The van der Waals surface area contributed by atoms with Gasteiger partial charge in [-0.15, -0.1) is 16.9 Å². The van der Waals surface area contributed by atoms with E-state index >= 15 is 0 Å². The Morgan fingerprint density at radius 2 is 2.50 bits per heavy atom. The molecule has 1 N–H and O–H groups in total. The quantitative estimate of drug-likeness (QED) is 0.767. The van der Waals surface area contributed by atoms with Gasteiger partial charge in [-0.3, -0.25) is 4.68 Å². The molecule has 0 saturated heterocycles. The van der Waals surface area contributed by atoms with Gasteiger partial charge in [-0.2, -0.15) is 5.10 Å². The van der Waals surface area contributed by atoms with E-state index in [1.165, 1.54) is 17.9 Å². The highest BCUT2D eigenvalue weighted by Crippen LogP contribution is 2.21. The van der Waals surface area contributed by atoms with Crippen LogP contribution in [0, 0.1) is 0 Å². The predicted molar refractivity (Wildman–Crippen MR) is 61.3 cm³/mol. The second-order valence-electron chi connectivity index (χ2n) is 3.15. The molecular weight excluding hydrogens is 246 g/mol. The molecule has 0 aliphatic heterocycles. The first kappa shape index (κ1) is 11.5. The minimum atomic E-state index is -0.393. The van der Waals surface area contributed by atoms with E-state index in [-0.39, 0.29) is 0 Å². The number of aliphatic hydroxyl groups excluding tert-OH is 1. The number of aromatic nitrogens is 5. The number of nitrogens with zero attached hydrogens (tertiary/aromatic N) is 5. The molecule has 1 unspecified atom stereocenters. The van der Waals surface area contributed by atoms with Crippen molar-refractivity contribution in [2.45, 2.75) is 23.3 Å². The first-order valence-corrected chi connectivity index (χ1v) is 6.51. The third-order valence-corrected chi connectivity index (χ3v) is 3.77. The molecule has 0 saturated carbocycles. The molecule has 0 spiro atoms. The predicted octanol–water partition coefficient (Wildman–Crippen LogP) is 0.673. The summed E-state index contributed by atoms with van der Waals surface area (Å²) in [6.07, 6.45) is 5.12. The van der Waals surface area contributed by atoms with Crippen molar-refractivity contribution in [1.29, 1.82) is 0 Å². The lowest BCUT2D eigenvalue weighted by atomic mass is 10.3. The van der Waals surface area contributed by atoms with Crippen LogP contribution in [0.4, 0.5) is 0 Å². The van der Waals surface area contributed by atoms with E-state index in [2.05, 4.69) is 19.7 Å². The molecule has 0 radical (unpaired) electrons. The summed E-state index contributed by atoms with van der Waals surface area (Å²) in [4.78, 5) is 3.82. The Labute approximate surface area is 101 Å². The minimum absolute atomic E-state index is 0.393. The van der Waals surface area contributed by atoms with Gasteiger partial charge in [0, 0.05) is 5.75 Å². The maximum absolute atomic E-state index is 9.72. The van der Waals surface area contributed by atoms with Gasteiger partial charge in [0.15, 0.2) is 0 Å². The number of hydrogen-bond acceptors (Lipinski definition) is 7. The van der Waals surface area contributed by atoms with Crippen LogP contribution in [-0.4, -0.2) is 41.3 Å². The summed E-state index contributed by atoms with van der Waals surface area (Å²) in [6, 6.07) is 0. The third kappa shape index (κ3) is 3.54. The van der Waals surface area contributed by atoms with E-state index in [1.807, 2.05) is 0 Å². The molecule has 2 heterocycles. The van der Waals surface area contributed by atoms with Crippen LogP contribution in [0.5, 0.6) is 0 Å². The topological polar surface area (TPSA) is 76.7 Å². The average Bonchev–Trinajstić information content (AvgIpc) is 2.90. The van der Waals surface area contributed by atoms with Crippen LogP contribution in [0.1, 0.15) is 6.42 Å². The minimum Gasteiger partial charge on any atom is -0.391 e. The summed E-state index contributed by atoms with van der Waals surface area (Å²) in [6.45, 7) is 0.488. The van der Waals surface area contributed by atoms with Crippen LogP contribution in [-0.2, 0) is 6.54 Å². The zero-order valence-corrected chi connectivity index (χ0v) is 10.1. The largest absolute Gasteiger partial charge is 0.391 e. The van der Waals surface area contributed by atoms with E-state index in [0.29, 0.717) is 13.0 Å². The molecule has 2 aromatic rings.